The van der Waals surface area contributed by atoms with E-state index >= 15 is 0 Å². The molecule has 1 unspecified atom stereocenters. The van der Waals surface area contributed by atoms with Gasteiger partial charge in [-0.3, -0.25) is 9.59 Å². The standard InChI is InChI=1S/C20H22ClN3O6/c1-12(25)19(23-22-15-10-13(27-2)7-9-17(15)29-4)20(26)24(21)16-8-6-14(28-3)11-18(16)30-5/h6-11,19H,1-5H3. The largest absolute Gasteiger partial charge is 0.497 e. The van der Waals surface area contributed by atoms with Crippen molar-refractivity contribution in [2.75, 3.05) is 32.9 Å². The molecule has 2 aromatic carbocycles. The smallest absolute Gasteiger partial charge is 0.276 e. The number of benzene rings is 2. The molecule has 9 nitrogen and oxygen atoms in total. The van der Waals surface area contributed by atoms with E-state index in [9.17, 15) is 9.59 Å². The fourth-order valence-electron chi connectivity index (χ4n) is 2.47. The number of hydrogen-bond donors (Lipinski definition) is 0. The first-order valence-corrected chi connectivity index (χ1v) is 9.05. The van der Waals surface area contributed by atoms with E-state index in [-0.39, 0.29) is 11.4 Å². The van der Waals surface area contributed by atoms with Crippen LogP contribution in [0.3, 0.4) is 0 Å². The average molecular weight is 436 g/mol. The van der Waals surface area contributed by atoms with Crippen LogP contribution in [-0.2, 0) is 9.59 Å². The van der Waals surface area contributed by atoms with Crippen LogP contribution in [0.5, 0.6) is 23.0 Å². The lowest BCUT2D eigenvalue weighted by atomic mass is 10.2. The summed E-state index contributed by atoms with van der Waals surface area (Å²) >= 11 is 6.23. The summed E-state index contributed by atoms with van der Waals surface area (Å²) in [6, 6.07) is 8.10. The highest BCUT2D eigenvalue weighted by Crippen LogP contribution is 2.35. The van der Waals surface area contributed by atoms with Gasteiger partial charge in [-0.2, -0.15) is 10.2 Å². The number of azo groups is 1. The maximum Gasteiger partial charge on any atom is 0.276 e. The van der Waals surface area contributed by atoms with Gasteiger partial charge in [0.25, 0.3) is 5.91 Å². The average Bonchev–Trinajstić information content (AvgIpc) is 2.77. The highest BCUT2D eigenvalue weighted by molar-refractivity contribution is 6.39. The first-order valence-electron chi connectivity index (χ1n) is 8.71. The summed E-state index contributed by atoms with van der Waals surface area (Å²) in [6.07, 6.45) is 0. The lowest BCUT2D eigenvalue weighted by molar-refractivity contribution is -0.126. The molecule has 2 aromatic rings. The van der Waals surface area contributed by atoms with Crippen molar-refractivity contribution in [3.8, 4) is 23.0 Å². The van der Waals surface area contributed by atoms with Gasteiger partial charge in [-0.25, -0.2) is 4.42 Å². The Bertz CT molecular complexity index is 950. The summed E-state index contributed by atoms with van der Waals surface area (Å²) in [5.41, 5.74) is 0.518. The zero-order valence-corrected chi connectivity index (χ0v) is 18.0. The SMILES string of the molecule is COc1ccc(OC)c(N=NC(C(C)=O)C(=O)N(Cl)c2ccc(OC)cc2OC)c1. The zero-order valence-electron chi connectivity index (χ0n) is 17.2. The van der Waals surface area contributed by atoms with E-state index in [1.807, 2.05) is 0 Å². The molecule has 0 saturated carbocycles. The molecular weight excluding hydrogens is 414 g/mol. The van der Waals surface area contributed by atoms with Crippen LogP contribution in [0.15, 0.2) is 46.6 Å². The highest BCUT2D eigenvalue weighted by Gasteiger charge is 2.30. The molecule has 0 aliphatic carbocycles. The second-order valence-corrected chi connectivity index (χ2v) is 6.26. The Kier molecular flexibility index (Phi) is 7.99. The Morgan fingerprint density at radius 1 is 0.900 bits per heavy atom. The first-order chi connectivity index (χ1) is 14.4. The molecule has 0 radical (unpaired) electrons. The number of carbonyl (C=O) groups excluding carboxylic acids is 2. The van der Waals surface area contributed by atoms with E-state index in [4.69, 9.17) is 30.7 Å². The maximum absolute atomic E-state index is 12.9. The minimum absolute atomic E-state index is 0.227. The van der Waals surface area contributed by atoms with Crippen LogP contribution in [-0.4, -0.2) is 46.2 Å². The molecule has 0 N–H and O–H groups in total. The quantitative estimate of drug-likeness (QED) is 0.336. The predicted molar refractivity (Wildman–Crippen MR) is 111 cm³/mol. The summed E-state index contributed by atoms with van der Waals surface area (Å²) in [5.74, 6) is 0.376. The monoisotopic (exact) mass is 435 g/mol. The Labute approximate surface area is 179 Å². The highest BCUT2D eigenvalue weighted by atomic mass is 35.5. The lowest BCUT2D eigenvalue weighted by Gasteiger charge is -2.19. The number of hydrogen-bond acceptors (Lipinski definition) is 8. The Morgan fingerprint density at radius 2 is 1.50 bits per heavy atom. The normalized spacial score (nSPS) is 11.7. The minimum atomic E-state index is -1.47. The number of nitrogens with zero attached hydrogens (tertiary/aromatic N) is 3. The molecule has 1 atom stereocenters. The number of halogens is 1. The molecule has 0 heterocycles. The number of methoxy groups -OCH3 is 4. The molecule has 30 heavy (non-hydrogen) atoms. The van der Waals surface area contributed by atoms with Crippen LogP contribution in [0.4, 0.5) is 11.4 Å². The van der Waals surface area contributed by atoms with Crippen molar-refractivity contribution < 1.29 is 28.5 Å². The van der Waals surface area contributed by atoms with Gasteiger partial charge in [0, 0.05) is 23.9 Å². The summed E-state index contributed by atoms with van der Waals surface area (Å²) in [4.78, 5) is 25.0. The molecule has 10 heteroatoms. The molecule has 0 saturated heterocycles. The van der Waals surface area contributed by atoms with E-state index in [1.54, 1.807) is 30.3 Å². The van der Waals surface area contributed by atoms with Crippen molar-refractivity contribution >= 4 is 34.8 Å². The van der Waals surface area contributed by atoms with Gasteiger partial charge >= 0.3 is 0 Å². The van der Waals surface area contributed by atoms with Crippen molar-refractivity contribution in [2.24, 2.45) is 10.2 Å². The molecule has 0 bridgehead atoms. The van der Waals surface area contributed by atoms with Gasteiger partial charge in [0.2, 0.25) is 6.04 Å². The number of Topliss-reactive ketones (excluding diaryl/α,β-unsaturated/α-hetero) is 1. The minimum Gasteiger partial charge on any atom is -0.497 e. The van der Waals surface area contributed by atoms with Crippen LogP contribution in [0, 0.1) is 0 Å². The number of rotatable bonds is 9. The first kappa shape index (κ1) is 23.0. The van der Waals surface area contributed by atoms with Crippen LogP contribution in [0.2, 0.25) is 0 Å². The van der Waals surface area contributed by atoms with Crippen LogP contribution < -0.4 is 23.4 Å². The van der Waals surface area contributed by atoms with Crippen molar-refractivity contribution in [1.29, 1.82) is 0 Å². The van der Waals surface area contributed by atoms with Gasteiger partial charge in [0.15, 0.2) is 5.78 Å². The van der Waals surface area contributed by atoms with Crippen molar-refractivity contribution in [2.45, 2.75) is 13.0 Å². The zero-order chi connectivity index (χ0) is 22.3. The number of amides is 1. The summed E-state index contributed by atoms with van der Waals surface area (Å²) in [5, 5.41) is 7.93. The van der Waals surface area contributed by atoms with Crippen LogP contribution in [0.25, 0.3) is 0 Å². The second kappa shape index (κ2) is 10.4. The van der Waals surface area contributed by atoms with Crippen molar-refractivity contribution in [3.05, 3.63) is 36.4 Å². The maximum atomic E-state index is 12.9. The topological polar surface area (TPSA) is 99.0 Å². The number of anilines is 1. The van der Waals surface area contributed by atoms with E-state index < -0.39 is 17.7 Å². The fourth-order valence-corrected chi connectivity index (χ4v) is 2.70. The molecule has 0 aliphatic heterocycles. The molecule has 0 fully saturated rings. The third-order valence-corrected chi connectivity index (χ3v) is 4.43. The number of carbonyl (C=O) groups is 2. The van der Waals surface area contributed by atoms with Gasteiger partial charge < -0.3 is 18.9 Å². The third kappa shape index (κ3) is 5.18. The van der Waals surface area contributed by atoms with E-state index in [0.29, 0.717) is 22.9 Å². The molecule has 0 spiro atoms. The summed E-state index contributed by atoms with van der Waals surface area (Å²) in [6.45, 7) is 1.22. The predicted octanol–water partition coefficient (Wildman–Crippen LogP) is 3.95. The third-order valence-electron chi connectivity index (χ3n) is 4.08. The van der Waals surface area contributed by atoms with E-state index in [1.165, 1.54) is 41.4 Å². The molecular formula is C20H22ClN3O6. The van der Waals surface area contributed by atoms with Gasteiger partial charge in [0.1, 0.15) is 34.4 Å². The number of ether oxygens (including phenoxy) is 4. The van der Waals surface area contributed by atoms with E-state index in [2.05, 4.69) is 10.2 Å². The van der Waals surface area contributed by atoms with Crippen molar-refractivity contribution in [3.63, 3.8) is 0 Å². The van der Waals surface area contributed by atoms with Crippen LogP contribution >= 0.6 is 11.8 Å². The molecule has 2 rings (SSSR count). The summed E-state index contributed by atoms with van der Waals surface area (Å²) in [7, 11) is 5.88. The fraction of sp³-hybridized carbons (Fsp3) is 0.300. The molecule has 160 valence electrons. The van der Waals surface area contributed by atoms with Gasteiger partial charge in [-0.1, -0.05) is 0 Å². The Hall–Kier alpha value is -3.33. The number of ketones is 1. The van der Waals surface area contributed by atoms with Gasteiger partial charge in [-0.15, -0.1) is 0 Å². The van der Waals surface area contributed by atoms with Crippen LogP contribution in [0.1, 0.15) is 6.92 Å². The van der Waals surface area contributed by atoms with E-state index in [0.717, 1.165) is 4.42 Å². The Balaban J connectivity index is 2.36. The Morgan fingerprint density at radius 3 is 2.07 bits per heavy atom. The second-order valence-electron chi connectivity index (χ2n) is 5.92. The lowest BCUT2D eigenvalue weighted by Crippen LogP contribution is -2.36. The van der Waals surface area contributed by atoms with Gasteiger partial charge in [-0.05, 0) is 31.2 Å². The molecule has 0 aromatic heterocycles. The van der Waals surface area contributed by atoms with Crippen molar-refractivity contribution in [1.82, 2.24) is 0 Å². The summed E-state index contributed by atoms with van der Waals surface area (Å²) < 4.78 is 21.5. The van der Waals surface area contributed by atoms with Gasteiger partial charge in [0.05, 0.1) is 28.4 Å². The molecule has 0 aliphatic rings. The molecule has 1 amide bonds.